The molecule has 26 heavy (non-hydrogen) atoms. The van der Waals surface area contributed by atoms with Gasteiger partial charge in [-0.05, 0) is 56.2 Å². The van der Waals surface area contributed by atoms with E-state index in [1.165, 1.54) is 10.1 Å². The summed E-state index contributed by atoms with van der Waals surface area (Å²) in [6.07, 6.45) is 3.22. The molecule has 0 unspecified atom stereocenters. The molecule has 0 bridgehead atoms. The fourth-order valence-corrected chi connectivity index (χ4v) is 2.96. The number of benzene rings is 2. The van der Waals surface area contributed by atoms with Crippen LogP contribution in [0, 0.1) is 20.8 Å². The molecule has 0 aliphatic carbocycles. The van der Waals surface area contributed by atoms with E-state index in [1.807, 2.05) is 32.9 Å². The number of carbonyl (C=O) groups excluding carboxylic acids is 1. The third-order valence-electron chi connectivity index (χ3n) is 4.03. The zero-order chi connectivity index (χ0) is 18.7. The molecule has 0 saturated carbocycles. The van der Waals surface area contributed by atoms with Gasteiger partial charge in [-0.3, -0.25) is 9.36 Å². The van der Waals surface area contributed by atoms with Crippen LogP contribution in [0.3, 0.4) is 0 Å². The Labute approximate surface area is 151 Å². The van der Waals surface area contributed by atoms with Crippen molar-refractivity contribution in [1.82, 2.24) is 9.55 Å². The summed E-state index contributed by atoms with van der Waals surface area (Å²) in [5, 5.41) is 2.79. The largest absolute Gasteiger partial charge is 0.483 e. The molecule has 3 rings (SSSR count). The SMILES string of the molecule is Cc1cc(C)c(OCC(=O)Nc2ccc(-n3cc[nH]c3=O)cc2)c(C)c1. The van der Waals surface area contributed by atoms with E-state index in [1.54, 1.807) is 36.7 Å². The molecule has 3 aromatic rings. The van der Waals surface area contributed by atoms with Gasteiger partial charge in [0.15, 0.2) is 6.61 Å². The van der Waals surface area contributed by atoms with Gasteiger partial charge in [0, 0.05) is 18.1 Å². The van der Waals surface area contributed by atoms with E-state index in [9.17, 15) is 9.59 Å². The number of amides is 1. The Kier molecular flexibility index (Phi) is 4.93. The number of nitrogens with one attached hydrogen (secondary N) is 2. The molecule has 0 atom stereocenters. The van der Waals surface area contributed by atoms with Crippen LogP contribution in [0.2, 0.25) is 0 Å². The van der Waals surface area contributed by atoms with Gasteiger partial charge in [-0.1, -0.05) is 17.7 Å². The molecule has 134 valence electrons. The molecule has 6 nitrogen and oxygen atoms in total. The van der Waals surface area contributed by atoms with Crippen molar-refractivity contribution in [1.29, 1.82) is 0 Å². The van der Waals surface area contributed by atoms with Crippen molar-refractivity contribution >= 4 is 11.6 Å². The maximum absolute atomic E-state index is 12.1. The second kappa shape index (κ2) is 7.31. The normalized spacial score (nSPS) is 10.6. The molecule has 0 radical (unpaired) electrons. The summed E-state index contributed by atoms with van der Waals surface area (Å²) in [5.74, 6) is 0.504. The van der Waals surface area contributed by atoms with Crippen LogP contribution in [0.15, 0.2) is 53.6 Å². The average molecular weight is 351 g/mol. The summed E-state index contributed by atoms with van der Waals surface area (Å²) in [6, 6.07) is 11.1. The third kappa shape index (κ3) is 3.85. The Morgan fingerprint density at radius 1 is 1.12 bits per heavy atom. The highest BCUT2D eigenvalue weighted by Gasteiger charge is 2.09. The van der Waals surface area contributed by atoms with Crippen LogP contribution in [0.25, 0.3) is 5.69 Å². The van der Waals surface area contributed by atoms with Crippen molar-refractivity contribution in [2.75, 3.05) is 11.9 Å². The molecule has 0 spiro atoms. The van der Waals surface area contributed by atoms with Crippen molar-refractivity contribution in [3.05, 3.63) is 76.0 Å². The van der Waals surface area contributed by atoms with E-state index in [-0.39, 0.29) is 18.2 Å². The number of H-pyrrole nitrogens is 1. The van der Waals surface area contributed by atoms with E-state index >= 15 is 0 Å². The lowest BCUT2D eigenvalue weighted by Crippen LogP contribution is -2.21. The van der Waals surface area contributed by atoms with Crippen LogP contribution < -0.4 is 15.7 Å². The van der Waals surface area contributed by atoms with Crippen molar-refractivity contribution in [2.45, 2.75) is 20.8 Å². The average Bonchev–Trinajstić information content (AvgIpc) is 3.00. The first-order valence-corrected chi connectivity index (χ1v) is 8.31. The fourth-order valence-electron chi connectivity index (χ4n) is 2.96. The van der Waals surface area contributed by atoms with Crippen LogP contribution in [-0.2, 0) is 4.79 Å². The Bertz CT molecular complexity index is 961. The molecule has 1 aromatic heterocycles. The van der Waals surface area contributed by atoms with Crippen molar-refractivity contribution in [3.8, 4) is 11.4 Å². The van der Waals surface area contributed by atoms with Gasteiger partial charge < -0.3 is 15.0 Å². The molecule has 1 amide bonds. The van der Waals surface area contributed by atoms with E-state index in [4.69, 9.17) is 4.74 Å². The van der Waals surface area contributed by atoms with Crippen molar-refractivity contribution in [3.63, 3.8) is 0 Å². The number of ether oxygens (including phenoxy) is 1. The highest BCUT2D eigenvalue weighted by atomic mass is 16.5. The van der Waals surface area contributed by atoms with Crippen molar-refractivity contribution < 1.29 is 9.53 Å². The first kappa shape index (κ1) is 17.5. The third-order valence-corrected chi connectivity index (χ3v) is 4.03. The number of rotatable bonds is 5. The Hall–Kier alpha value is -3.28. The van der Waals surface area contributed by atoms with Gasteiger partial charge in [0.05, 0.1) is 5.69 Å². The molecule has 2 aromatic carbocycles. The van der Waals surface area contributed by atoms with Gasteiger partial charge >= 0.3 is 5.69 Å². The van der Waals surface area contributed by atoms with E-state index in [0.717, 1.165) is 22.6 Å². The number of nitrogens with zero attached hydrogens (tertiary/aromatic N) is 1. The maximum Gasteiger partial charge on any atom is 0.330 e. The van der Waals surface area contributed by atoms with Gasteiger partial charge in [-0.25, -0.2) is 4.79 Å². The lowest BCUT2D eigenvalue weighted by atomic mass is 10.1. The van der Waals surface area contributed by atoms with E-state index in [2.05, 4.69) is 10.3 Å². The molecule has 0 fully saturated rings. The summed E-state index contributed by atoms with van der Waals surface area (Å²) in [5.41, 5.74) is 4.34. The summed E-state index contributed by atoms with van der Waals surface area (Å²) in [7, 11) is 0. The predicted molar refractivity (Wildman–Crippen MR) is 101 cm³/mol. The minimum atomic E-state index is -0.240. The van der Waals surface area contributed by atoms with Gasteiger partial charge in [0.25, 0.3) is 5.91 Å². The van der Waals surface area contributed by atoms with Crippen LogP contribution >= 0.6 is 0 Å². The molecular weight excluding hydrogens is 330 g/mol. The Morgan fingerprint density at radius 2 is 1.77 bits per heavy atom. The number of imidazole rings is 1. The lowest BCUT2D eigenvalue weighted by molar-refractivity contribution is -0.118. The zero-order valence-corrected chi connectivity index (χ0v) is 15.0. The Balaban J connectivity index is 1.62. The highest BCUT2D eigenvalue weighted by Crippen LogP contribution is 2.24. The van der Waals surface area contributed by atoms with Crippen LogP contribution in [0.4, 0.5) is 5.69 Å². The van der Waals surface area contributed by atoms with Gasteiger partial charge in [0.1, 0.15) is 5.75 Å². The second-order valence-electron chi connectivity index (χ2n) is 6.25. The number of hydrogen-bond donors (Lipinski definition) is 2. The minimum Gasteiger partial charge on any atom is -0.483 e. The Morgan fingerprint density at radius 3 is 2.35 bits per heavy atom. The van der Waals surface area contributed by atoms with Crippen LogP contribution in [0.1, 0.15) is 16.7 Å². The maximum atomic E-state index is 12.1. The number of aryl methyl sites for hydroxylation is 3. The molecular formula is C20H21N3O3. The quantitative estimate of drug-likeness (QED) is 0.741. The summed E-state index contributed by atoms with van der Waals surface area (Å²) < 4.78 is 7.18. The van der Waals surface area contributed by atoms with Gasteiger partial charge in [-0.15, -0.1) is 0 Å². The summed E-state index contributed by atoms with van der Waals surface area (Å²) in [4.78, 5) is 26.3. The van der Waals surface area contributed by atoms with E-state index < -0.39 is 0 Å². The van der Waals surface area contributed by atoms with Gasteiger partial charge in [-0.2, -0.15) is 0 Å². The first-order valence-electron chi connectivity index (χ1n) is 8.31. The number of hydrogen-bond acceptors (Lipinski definition) is 3. The van der Waals surface area contributed by atoms with Crippen LogP contribution in [0.5, 0.6) is 5.75 Å². The summed E-state index contributed by atoms with van der Waals surface area (Å²) >= 11 is 0. The zero-order valence-electron chi connectivity index (χ0n) is 15.0. The van der Waals surface area contributed by atoms with Crippen molar-refractivity contribution in [2.24, 2.45) is 0 Å². The standard InChI is InChI=1S/C20H21N3O3/c1-13-10-14(2)19(15(3)11-13)26-12-18(24)22-16-4-6-17(7-5-16)23-9-8-21-20(23)25/h4-11H,12H2,1-3H3,(H,21,25)(H,22,24). The molecule has 0 aliphatic heterocycles. The lowest BCUT2D eigenvalue weighted by Gasteiger charge is -2.13. The minimum absolute atomic E-state index is 0.0657. The predicted octanol–water partition coefficient (Wildman–Crippen LogP) is 3.11. The monoisotopic (exact) mass is 351 g/mol. The van der Waals surface area contributed by atoms with E-state index in [0.29, 0.717) is 5.69 Å². The number of aromatic nitrogens is 2. The van der Waals surface area contributed by atoms with Gasteiger partial charge in [0.2, 0.25) is 0 Å². The molecule has 1 heterocycles. The van der Waals surface area contributed by atoms with Crippen LogP contribution in [-0.4, -0.2) is 22.1 Å². The molecule has 6 heteroatoms. The number of anilines is 1. The number of aromatic amines is 1. The summed E-state index contributed by atoms with van der Waals surface area (Å²) in [6.45, 7) is 5.90. The molecule has 2 N–H and O–H groups in total. The topological polar surface area (TPSA) is 76.1 Å². The molecule has 0 aliphatic rings. The highest BCUT2D eigenvalue weighted by molar-refractivity contribution is 5.92. The number of carbonyl (C=O) groups is 1. The molecule has 0 saturated heterocycles. The first-order chi connectivity index (χ1) is 12.4. The second-order valence-corrected chi connectivity index (χ2v) is 6.25. The smallest absolute Gasteiger partial charge is 0.330 e. The fraction of sp³-hybridized carbons (Fsp3) is 0.200.